The van der Waals surface area contributed by atoms with E-state index in [4.69, 9.17) is 0 Å². The van der Waals surface area contributed by atoms with Crippen LogP contribution in [0.1, 0.15) is 24.8 Å². The molecule has 2 aromatic rings. The first-order valence-corrected chi connectivity index (χ1v) is 8.08. The predicted octanol–water partition coefficient (Wildman–Crippen LogP) is 2.07. The van der Waals surface area contributed by atoms with Crippen molar-refractivity contribution in [2.24, 2.45) is 5.92 Å². The third-order valence-corrected chi connectivity index (χ3v) is 4.34. The molecule has 0 aliphatic carbocycles. The Morgan fingerprint density at radius 3 is 2.75 bits per heavy atom. The van der Waals surface area contributed by atoms with Crippen LogP contribution in [0.2, 0.25) is 0 Å². The molecular weight excluding hydrogens is 304 g/mol. The molecule has 24 heavy (non-hydrogen) atoms. The monoisotopic (exact) mass is 324 g/mol. The van der Waals surface area contributed by atoms with Crippen LogP contribution < -0.4 is 5.32 Å². The molecule has 124 valence electrons. The van der Waals surface area contributed by atoms with Gasteiger partial charge in [-0.2, -0.15) is 0 Å². The molecule has 0 unspecified atom stereocenters. The quantitative estimate of drug-likeness (QED) is 0.934. The Bertz CT molecular complexity index is 705. The van der Waals surface area contributed by atoms with Crippen molar-refractivity contribution in [2.75, 3.05) is 18.4 Å². The van der Waals surface area contributed by atoms with Crippen molar-refractivity contribution in [3.05, 3.63) is 54.5 Å². The summed E-state index contributed by atoms with van der Waals surface area (Å²) in [5, 5.41) is 2.85. The van der Waals surface area contributed by atoms with Gasteiger partial charge in [0.2, 0.25) is 11.8 Å². The number of nitrogens with zero attached hydrogens (tertiary/aromatic N) is 3. The predicted molar refractivity (Wildman–Crippen MR) is 90.2 cm³/mol. The molecule has 1 saturated heterocycles. The third-order valence-electron chi connectivity index (χ3n) is 4.34. The lowest BCUT2D eigenvalue weighted by molar-refractivity contribution is -0.130. The highest BCUT2D eigenvalue weighted by molar-refractivity contribution is 5.93. The minimum atomic E-state index is -0.313. The van der Waals surface area contributed by atoms with Crippen molar-refractivity contribution in [1.82, 2.24) is 14.9 Å². The smallest absolute Gasteiger partial charge is 0.231 e. The lowest BCUT2D eigenvalue weighted by atomic mass is 9.89. The molecule has 0 saturated carbocycles. The number of carbonyl (C=O) groups excluding carboxylic acids is 2. The molecule has 0 spiro atoms. The van der Waals surface area contributed by atoms with Crippen LogP contribution in [0.5, 0.6) is 0 Å². The Kier molecular flexibility index (Phi) is 4.84. The zero-order chi connectivity index (χ0) is 16.9. The van der Waals surface area contributed by atoms with E-state index >= 15 is 0 Å². The fourth-order valence-corrected chi connectivity index (χ4v) is 3.09. The van der Waals surface area contributed by atoms with E-state index in [2.05, 4.69) is 15.3 Å². The SMILES string of the molecule is CCC(=O)N1C[C@@H](C(=O)Nc2ccccn2)[C@H](c2cccnc2)C1. The number of anilines is 1. The summed E-state index contributed by atoms with van der Waals surface area (Å²) in [5.74, 6) is 0.100. The Morgan fingerprint density at radius 2 is 2.08 bits per heavy atom. The first-order chi connectivity index (χ1) is 11.7. The van der Waals surface area contributed by atoms with E-state index in [1.807, 2.05) is 25.1 Å². The molecule has 1 aliphatic heterocycles. The van der Waals surface area contributed by atoms with E-state index in [1.54, 1.807) is 35.6 Å². The molecule has 0 radical (unpaired) electrons. The van der Waals surface area contributed by atoms with Crippen LogP contribution in [0.3, 0.4) is 0 Å². The summed E-state index contributed by atoms with van der Waals surface area (Å²) in [6.45, 7) is 2.80. The lowest BCUT2D eigenvalue weighted by Crippen LogP contribution is -2.31. The first kappa shape index (κ1) is 16.1. The molecule has 1 N–H and O–H groups in total. The number of hydrogen-bond donors (Lipinski definition) is 1. The molecule has 2 atom stereocenters. The van der Waals surface area contributed by atoms with E-state index < -0.39 is 0 Å². The van der Waals surface area contributed by atoms with Crippen LogP contribution in [0.25, 0.3) is 0 Å². The fourth-order valence-electron chi connectivity index (χ4n) is 3.09. The number of rotatable bonds is 4. The van der Waals surface area contributed by atoms with Crippen molar-refractivity contribution >= 4 is 17.6 Å². The van der Waals surface area contributed by atoms with E-state index in [9.17, 15) is 9.59 Å². The van der Waals surface area contributed by atoms with Crippen LogP contribution >= 0.6 is 0 Å². The molecule has 6 nitrogen and oxygen atoms in total. The van der Waals surface area contributed by atoms with E-state index in [0.29, 0.717) is 25.3 Å². The number of aromatic nitrogens is 2. The van der Waals surface area contributed by atoms with Crippen molar-refractivity contribution in [2.45, 2.75) is 19.3 Å². The summed E-state index contributed by atoms with van der Waals surface area (Å²) in [5.41, 5.74) is 0.977. The maximum Gasteiger partial charge on any atom is 0.231 e. The van der Waals surface area contributed by atoms with Gasteiger partial charge in [-0.05, 0) is 23.8 Å². The Labute approximate surface area is 140 Å². The average Bonchev–Trinajstić information content (AvgIpc) is 3.08. The molecule has 3 heterocycles. The Hall–Kier alpha value is -2.76. The van der Waals surface area contributed by atoms with Gasteiger partial charge in [0.05, 0.1) is 5.92 Å². The summed E-state index contributed by atoms with van der Waals surface area (Å²) >= 11 is 0. The highest BCUT2D eigenvalue weighted by atomic mass is 16.2. The summed E-state index contributed by atoms with van der Waals surface area (Å²) in [7, 11) is 0. The second kappa shape index (κ2) is 7.21. The summed E-state index contributed by atoms with van der Waals surface area (Å²) in [4.78, 5) is 34.9. The van der Waals surface area contributed by atoms with Gasteiger partial charge in [-0.15, -0.1) is 0 Å². The first-order valence-electron chi connectivity index (χ1n) is 8.08. The van der Waals surface area contributed by atoms with Crippen LogP contribution in [0.4, 0.5) is 5.82 Å². The van der Waals surface area contributed by atoms with Crippen LogP contribution in [-0.4, -0.2) is 39.8 Å². The van der Waals surface area contributed by atoms with E-state index in [-0.39, 0.29) is 23.7 Å². The van der Waals surface area contributed by atoms with Gasteiger partial charge in [-0.25, -0.2) is 4.98 Å². The molecule has 1 aliphatic rings. The third kappa shape index (κ3) is 3.42. The minimum absolute atomic E-state index is 0.0575. The van der Waals surface area contributed by atoms with E-state index in [0.717, 1.165) is 5.56 Å². The molecule has 6 heteroatoms. The molecule has 3 rings (SSSR count). The molecular formula is C18H20N4O2. The van der Waals surface area contributed by atoms with Gasteiger partial charge >= 0.3 is 0 Å². The summed E-state index contributed by atoms with van der Waals surface area (Å²) in [6, 6.07) is 9.18. The molecule has 2 aromatic heterocycles. The van der Waals surface area contributed by atoms with Crippen LogP contribution in [0, 0.1) is 5.92 Å². The van der Waals surface area contributed by atoms with E-state index in [1.165, 1.54) is 0 Å². The van der Waals surface area contributed by atoms with Gasteiger partial charge in [0, 0.05) is 44.0 Å². The van der Waals surface area contributed by atoms with Crippen molar-refractivity contribution in [3.8, 4) is 0 Å². The second-order valence-corrected chi connectivity index (χ2v) is 5.86. The molecule has 2 amide bonds. The molecule has 0 aromatic carbocycles. The number of hydrogen-bond acceptors (Lipinski definition) is 4. The Morgan fingerprint density at radius 1 is 1.21 bits per heavy atom. The topological polar surface area (TPSA) is 75.2 Å². The van der Waals surface area contributed by atoms with Gasteiger partial charge in [0.1, 0.15) is 5.82 Å². The number of carbonyl (C=O) groups is 2. The maximum atomic E-state index is 12.7. The summed E-state index contributed by atoms with van der Waals surface area (Å²) in [6.07, 6.45) is 5.55. The average molecular weight is 324 g/mol. The van der Waals surface area contributed by atoms with Gasteiger partial charge in [0.15, 0.2) is 0 Å². The zero-order valence-electron chi connectivity index (χ0n) is 13.6. The standard InChI is InChI=1S/C18H20N4O2/c1-2-17(23)22-11-14(13-6-5-8-19-10-13)15(12-22)18(24)21-16-7-3-4-9-20-16/h3-10,14-15H,2,11-12H2,1H3,(H,20,21,24)/t14-,15+/m0/s1. The fraction of sp³-hybridized carbons (Fsp3) is 0.333. The summed E-state index contributed by atoms with van der Waals surface area (Å²) < 4.78 is 0. The lowest BCUT2D eigenvalue weighted by Gasteiger charge is -2.17. The van der Waals surface area contributed by atoms with Crippen molar-refractivity contribution < 1.29 is 9.59 Å². The van der Waals surface area contributed by atoms with Crippen molar-refractivity contribution in [1.29, 1.82) is 0 Å². The van der Waals surface area contributed by atoms with Crippen LogP contribution in [-0.2, 0) is 9.59 Å². The Balaban J connectivity index is 1.82. The van der Waals surface area contributed by atoms with Gasteiger partial charge in [0.25, 0.3) is 0 Å². The highest BCUT2D eigenvalue weighted by Gasteiger charge is 2.40. The number of nitrogens with one attached hydrogen (secondary N) is 1. The number of pyridine rings is 2. The van der Waals surface area contributed by atoms with Crippen LogP contribution in [0.15, 0.2) is 48.9 Å². The van der Waals surface area contributed by atoms with Gasteiger partial charge in [-0.1, -0.05) is 19.1 Å². The van der Waals surface area contributed by atoms with Gasteiger partial charge < -0.3 is 10.2 Å². The number of likely N-dealkylation sites (tertiary alicyclic amines) is 1. The molecule has 1 fully saturated rings. The second-order valence-electron chi connectivity index (χ2n) is 5.86. The van der Waals surface area contributed by atoms with Crippen molar-refractivity contribution in [3.63, 3.8) is 0 Å². The maximum absolute atomic E-state index is 12.7. The highest BCUT2D eigenvalue weighted by Crippen LogP contribution is 2.33. The normalized spacial score (nSPS) is 20.0. The number of amides is 2. The minimum Gasteiger partial charge on any atom is -0.341 e. The zero-order valence-corrected chi connectivity index (χ0v) is 13.6. The largest absolute Gasteiger partial charge is 0.341 e. The van der Waals surface area contributed by atoms with Gasteiger partial charge in [-0.3, -0.25) is 14.6 Å². The molecule has 0 bridgehead atoms.